The maximum atomic E-state index is 4.05. The summed E-state index contributed by atoms with van der Waals surface area (Å²) < 4.78 is 0. The van der Waals surface area contributed by atoms with Crippen molar-refractivity contribution in [2.24, 2.45) is 0 Å². The van der Waals surface area contributed by atoms with Crippen LogP contribution in [0.1, 0.15) is 22.0 Å². The molecule has 1 atom stereocenters. The molecule has 1 unspecified atom stereocenters. The minimum absolute atomic E-state index is 0.484. The van der Waals surface area contributed by atoms with Gasteiger partial charge in [0.05, 0.1) is 0 Å². The lowest BCUT2D eigenvalue weighted by molar-refractivity contribution is 0.508. The van der Waals surface area contributed by atoms with Gasteiger partial charge in [-0.25, -0.2) is 0 Å². The summed E-state index contributed by atoms with van der Waals surface area (Å²) >= 11 is 1.89. The van der Waals surface area contributed by atoms with E-state index in [9.17, 15) is 0 Å². The van der Waals surface area contributed by atoms with Gasteiger partial charge < -0.3 is 5.32 Å². The molecular weight excluding hydrogens is 216 g/mol. The van der Waals surface area contributed by atoms with Gasteiger partial charge in [-0.1, -0.05) is 0 Å². The molecule has 0 spiro atoms. The molecule has 1 N–H and O–H groups in total. The van der Waals surface area contributed by atoms with Gasteiger partial charge in [0, 0.05) is 29.9 Å². The first-order chi connectivity index (χ1) is 7.93. The van der Waals surface area contributed by atoms with Crippen molar-refractivity contribution in [1.29, 1.82) is 0 Å². The number of thiophene rings is 1. The molecule has 0 saturated heterocycles. The van der Waals surface area contributed by atoms with E-state index in [1.54, 1.807) is 4.88 Å². The fourth-order valence-electron chi connectivity index (χ4n) is 2.27. The van der Waals surface area contributed by atoms with Gasteiger partial charge in [-0.15, -0.1) is 11.3 Å². The molecule has 16 heavy (non-hydrogen) atoms. The lowest BCUT2D eigenvalue weighted by atomic mass is 9.96. The van der Waals surface area contributed by atoms with Crippen LogP contribution in [0.5, 0.6) is 0 Å². The quantitative estimate of drug-likeness (QED) is 0.857. The fourth-order valence-corrected chi connectivity index (χ4v) is 3.22. The molecule has 82 valence electrons. The third-order valence-corrected chi connectivity index (χ3v) is 4.08. The molecule has 0 aliphatic carbocycles. The summed E-state index contributed by atoms with van der Waals surface area (Å²) in [5.74, 6) is 0. The molecule has 0 aromatic carbocycles. The van der Waals surface area contributed by atoms with E-state index in [1.807, 2.05) is 23.7 Å². The second-order valence-electron chi connectivity index (χ2n) is 4.12. The van der Waals surface area contributed by atoms with Gasteiger partial charge >= 0.3 is 0 Å². The smallest absolute Gasteiger partial charge is 0.0372 e. The predicted octanol–water partition coefficient (Wildman–Crippen LogP) is 2.57. The van der Waals surface area contributed by atoms with Gasteiger partial charge in [0.15, 0.2) is 0 Å². The SMILES string of the molecule is c1cc(CC2NCCc3sccc32)ccn1. The van der Waals surface area contributed by atoms with E-state index in [0.29, 0.717) is 6.04 Å². The third-order valence-electron chi connectivity index (χ3n) is 3.09. The second-order valence-corrected chi connectivity index (χ2v) is 5.12. The molecular formula is C13H14N2S. The molecule has 1 aliphatic rings. The number of aromatic nitrogens is 1. The van der Waals surface area contributed by atoms with Gasteiger partial charge in [-0.05, 0) is 47.5 Å². The Hall–Kier alpha value is -1.19. The van der Waals surface area contributed by atoms with Crippen LogP contribution in [0.4, 0.5) is 0 Å². The van der Waals surface area contributed by atoms with Crippen LogP contribution in [-0.4, -0.2) is 11.5 Å². The number of pyridine rings is 1. The van der Waals surface area contributed by atoms with Gasteiger partial charge in [0.2, 0.25) is 0 Å². The van der Waals surface area contributed by atoms with Crippen LogP contribution < -0.4 is 5.32 Å². The van der Waals surface area contributed by atoms with E-state index in [0.717, 1.165) is 13.0 Å². The van der Waals surface area contributed by atoms with E-state index in [-0.39, 0.29) is 0 Å². The first-order valence-electron chi connectivity index (χ1n) is 5.62. The monoisotopic (exact) mass is 230 g/mol. The number of hydrogen-bond acceptors (Lipinski definition) is 3. The van der Waals surface area contributed by atoms with Crippen LogP contribution in [0, 0.1) is 0 Å². The summed E-state index contributed by atoms with van der Waals surface area (Å²) in [7, 11) is 0. The summed E-state index contributed by atoms with van der Waals surface area (Å²) in [5, 5.41) is 5.80. The van der Waals surface area contributed by atoms with Crippen LogP contribution in [0.3, 0.4) is 0 Å². The van der Waals surface area contributed by atoms with Crippen LogP contribution in [-0.2, 0) is 12.8 Å². The Labute approximate surface area is 99.4 Å². The topological polar surface area (TPSA) is 24.9 Å². The molecule has 1 aliphatic heterocycles. The van der Waals surface area contributed by atoms with Gasteiger partial charge in [-0.3, -0.25) is 4.98 Å². The maximum absolute atomic E-state index is 4.05. The zero-order valence-corrected chi connectivity index (χ0v) is 9.83. The first-order valence-corrected chi connectivity index (χ1v) is 6.50. The highest BCUT2D eigenvalue weighted by atomic mass is 32.1. The van der Waals surface area contributed by atoms with Crippen molar-refractivity contribution in [2.45, 2.75) is 18.9 Å². The Morgan fingerprint density at radius 3 is 3.06 bits per heavy atom. The summed E-state index contributed by atoms with van der Waals surface area (Å²) in [6, 6.07) is 6.94. The highest BCUT2D eigenvalue weighted by molar-refractivity contribution is 7.10. The molecule has 0 amide bonds. The Kier molecular flexibility index (Phi) is 2.72. The largest absolute Gasteiger partial charge is 0.309 e. The summed E-state index contributed by atoms with van der Waals surface area (Å²) in [6.45, 7) is 1.10. The molecule has 2 aromatic heterocycles. The van der Waals surface area contributed by atoms with Crippen LogP contribution in [0.2, 0.25) is 0 Å². The van der Waals surface area contributed by atoms with Crippen molar-refractivity contribution < 1.29 is 0 Å². The highest BCUT2D eigenvalue weighted by Gasteiger charge is 2.20. The van der Waals surface area contributed by atoms with Crippen LogP contribution >= 0.6 is 11.3 Å². The number of hydrogen-bond donors (Lipinski definition) is 1. The minimum Gasteiger partial charge on any atom is -0.309 e. The Morgan fingerprint density at radius 1 is 1.31 bits per heavy atom. The zero-order chi connectivity index (χ0) is 10.8. The van der Waals surface area contributed by atoms with Crippen molar-refractivity contribution >= 4 is 11.3 Å². The summed E-state index contributed by atoms with van der Waals surface area (Å²) in [4.78, 5) is 5.61. The average Bonchev–Trinajstić information content (AvgIpc) is 2.80. The zero-order valence-electron chi connectivity index (χ0n) is 9.02. The lowest BCUT2D eigenvalue weighted by Gasteiger charge is -2.24. The van der Waals surface area contributed by atoms with Crippen LogP contribution in [0.15, 0.2) is 36.0 Å². The Bertz CT molecular complexity index is 464. The Morgan fingerprint density at radius 2 is 2.19 bits per heavy atom. The van der Waals surface area contributed by atoms with Gasteiger partial charge in [0.1, 0.15) is 0 Å². The molecule has 3 heterocycles. The minimum atomic E-state index is 0.484. The molecule has 3 rings (SSSR count). The van der Waals surface area contributed by atoms with E-state index >= 15 is 0 Å². The molecule has 2 nitrogen and oxygen atoms in total. The number of nitrogens with one attached hydrogen (secondary N) is 1. The summed E-state index contributed by atoms with van der Waals surface area (Å²) in [6.07, 6.45) is 5.98. The van der Waals surface area contributed by atoms with Crippen molar-refractivity contribution in [1.82, 2.24) is 10.3 Å². The first kappa shape index (κ1) is 10.00. The summed E-state index contributed by atoms with van der Waals surface area (Å²) in [5.41, 5.74) is 2.85. The van der Waals surface area contributed by atoms with Crippen molar-refractivity contribution in [3.63, 3.8) is 0 Å². The molecule has 0 saturated carbocycles. The highest BCUT2D eigenvalue weighted by Crippen LogP contribution is 2.29. The predicted molar refractivity (Wildman–Crippen MR) is 66.7 cm³/mol. The molecule has 0 radical (unpaired) electrons. The normalized spacial score (nSPS) is 19.4. The second kappa shape index (κ2) is 4.36. The van der Waals surface area contributed by atoms with Crippen molar-refractivity contribution in [2.75, 3.05) is 6.54 Å². The lowest BCUT2D eigenvalue weighted by Crippen LogP contribution is -2.30. The van der Waals surface area contributed by atoms with E-state index in [4.69, 9.17) is 0 Å². The van der Waals surface area contributed by atoms with Gasteiger partial charge in [-0.2, -0.15) is 0 Å². The fraction of sp³-hybridized carbons (Fsp3) is 0.308. The standard InChI is InChI=1S/C13H14N2S/c1-5-14-6-2-10(1)9-12-11-4-8-16-13(11)3-7-15-12/h1-2,4-6,8,12,15H,3,7,9H2. The van der Waals surface area contributed by atoms with Crippen molar-refractivity contribution in [3.05, 3.63) is 52.0 Å². The van der Waals surface area contributed by atoms with Gasteiger partial charge in [0.25, 0.3) is 0 Å². The molecule has 2 aromatic rings. The maximum Gasteiger partial charge on any atom is 0.0372 e. The van der Waals surface area contributed by atoms with E-state index in [1.165, 1.54) is 17.5 Å². The van der Waals surface area contributed by atoms with Crippen molar-refractivity contribution in [3.8, 4) is 0 Å². The number of nitrogens with zero attached hydrogens (tertiary/aromatic N) is 1. The molecule has 0 bridgehead atoms. The van der Waals surface area contributed by atoms with E-state index in [2.05, 4.69) is 33.9 Å². The molecule has 0 fully saturated rings. The third kappa shape index (κ3) is 1.88. The average molecular weight is 230 g/mol. The molecule has 3 heteroatoms. The number of rotatable bonds is 2. The van der Waals surface area contributed by atoms with E-state index < -0.39 is 0 Å². The Balaban J connectivity index is 1.83. The number of fused-ring (bicyclic) bond motifs is 1. The van der Waals surface area contributed by atoms with Crippen LogP contribution in [0.25, 0.3) is 0 Å².